The third-order valence-electron chi connectivity index (χ3n) is 20.4. The Balaban J connectivity index is 1.15. The van der Waals surface area contributed by atoms with E-state index >= 15 is 0 Å². The van der Waals surface area contributed by atoms with Gasteiger partial charge in [-0.2, -0.15) is 0 Å². The minimum Gasteiger partial charge on any atom is -0.311 e. The maximum Gasteiger partial charge on any atom is 0.252 e. The summed E-state index contributed by atoms with van der Waals surface area (Å²) < 4.78 is 0. The molecule has 2 aliphatic heterocycles. The molecule has 2 heterocycles. The summed E-state index contributed by atoms with van der Waals surface area (Å²) in [7, 11) is 0. The zero-order valence-electron chi connectivity index (χ0n) is 47.9. The van der Waals surface area contributed by atoms with Crippen LogP contribution in [0.3, 0.4) is 0 Å². The number of benzene rings is 7. The average Bonchev–Trinajstić information content (AvgIpc) is 3.69. The summed E-state index contributed by atoms with van der Waals surface area (Å²) in [6, 6.07) is 44.8. The van der Waals surface area contributed by atoms with Gasteiger partial charge < -0.3 is 9.80 Å². The highest BCUT2D eigenvalue weighted by atomic mass is 15.2. The fourth-order valence-corrected chi connectivity index (χ4v) is 16.2. The first-order chi connectivity index (χ1) is 34.6. The number of anilines is 6. The number of rotatable bonds is 3. The first kappa shape index (κ1) is 47.9. The summed E-state index contributed by atoms with van der Waals surface area (Å²) in [5.74, 6) is 0. The summed E-state index contributed by atoms with van der Waals surface area (Å²) in [5.41, 5.74) is 33.7. The highest BCUT2D eigenvalue weighted by Crippen LogP contribution is 2.57. The van der Waals surface area contributed by atoms with Gasteiger partial charge in [0.2, 0.25) is 0 Å². The summed E-state index contributed by atoms with van der Waals surface area (Å²) in [6.45, 7) is 41.8. The molecule has 4 aliphatic carbocycles. The number of hydrogen-bond acceptors (Lipinski definition) is 2. The zero-order chi connectivity index (χ0) is 52.4. The van der Waals surface area contributed by atoms with Crippen LogP contribution in [0.25, 0.3) is 22.3 Å². The van der Waals surface area contributed by atoms with E-state index in [4.69, 9.17) is 0 Å². The normalized spacial score (nSPS) is 20.6. The molecule has 0 amide bonds. The lowest BCUT2D eigenvalue weighted by molar-refractivity contribution is 0.332. The molecule has 2 nitrogen and oxygen atoms in total. The van der Waals surface area contributed by atoms with Crippen molar-refractivity contribution in [1.82, 2.24) is 0 Å². The molecule has 13 rings (SSSR count). The molecule has 7 aromatic carbocycles. The minimum absolute atomic E-state index is 0.00460. The van der Waals surface area contributed by atoms with Crippen LogP contribution in [0.1, 0.15) is 190 Å². The van der Waals surface area contributed by atoms with Crippen molar-refractivity contribution in [3.8, 4) is 22.3 Å². The number of nitrogens with zero attached hydrogens (tertiary/aromatic N) is 2. The Morgan fingerprint density at radius 2 is 0.811 bits per heavy atom. The summed E-state index contributed by atoms with van der Waals surface area (Å²) in [6.07, 6.45) is 5.88. The molecule has 0 unspecified atom stereocenters. The lowest BCUT2D eigenvalue weighted by atomic mass is 9.33. The molecule has 6 aliphatic rings. The third kappa shape index (κ3) is 6.49. The number of aryl methyl sites for hydroxylation is 3. The Labute approximate surface area is 445 Å². The molecule has 0 saturated heterocycles. The SMILES string of the molecule is Cc1cc2c3c(c1)N(c1cc4c(cc1C)C(C)(C)CCC4(C)C)c1cc4c(cc1B3c1cc(-c3cccc5c3-c3ccccc3C5(C)C)ccc1N2c1cc2c(cc1C)C(C)(C)CCC2(C)C)C(C)(C)CC4(C)C. The van der Waals surface area contributed by atoms with Gasteiger partial charge in [-0.15, -0.1) is 0 Å². The van der Waals surface area contributed by atoms with Crippen molar-refractivity contribution < 1.29 is 0 Å². The van der Waals surface area contributed by atoms with Crippen molar-refractivity contribution in [3.05, 3.63) is 170 Å². The molecule has 376 valence electrons. The van der Waals surface area contributed by atoms with Crippen LogP contribution in [0.5, 0.6) is 0 Å². The minimum atomic E-state index is -0.0858. The number of hydrogen-bond donors (Lipinski definition) is 0. The molecular formula is C71H79BN2. The van der Waals surface area contributed by atoms with E-state index in [0.29, 0.717) is 0 Å². The maximum absolute atomic E-state index is 2.76. The Kier molecular flexibility index (Phi) is 9.70. The zero-order valence-corrected chi connectivity index (χ0v) is 47.9. The molecule has 0 fully saturated rings. The lowest BCUT2D eigenvalue weighted by Gasteiger charge is -2.47. The Bertz CT molecular complexity index is 3630. The van der Waals surface area contributed by atoms with Crippen molar-refractivity contribution in [2.45, 2.75) is 188 Å². The van der Waals surface area contributed by atoms with Crippen LogP contribution in [0.4, 0.5) is 34.1 Å². The van der Waals surface area contributed by atoms with Gasteiger partial charge in [0, 0.05) is 39.5 Å². The molecule has 0 spiro atoms. The Morgan fingerprint density at radius 1 is 0.365 bits per heavy atom. The third-order valence-corrected chi connectivity index (χ3v) is 20.4. The largest absolute Gasteiger partial charge is 0.311 e. The van der Waals surface area contributed by atoms with Crippen LogP contribution in [0.15, 0.2) is 109 Å². The number of fused-ring (bicyclic) bond motifs is 10. The smallest absolute Gasteiger partial charge is 0.252 e. The van der Waals surface area contributed by atoms with Gasteiger partial charge in [0.05, 0.1) is 0 Å². The summed E-state index contributed by atoms with van der Waals surface area (Å²) in [5, 5.41) is 0. The van der Waals surface area contributed by atoms with Crippen molar-refractivity contribution in [1.29, 1.82) is 0 Å². The van der Waals surface area contributed by atoms with E-state index in [-0.39, 0.29) is 44.6 Å². The lowest BCUT2D eigenvalue weighted by Crippen LogP contribution is -2.61. The Morgan fingerprint density at radius 3 is 1.38 bits per heavy atom. The molecule has 74 heavy (non-hydrogen) atoms. The van der Waals surface area contributed by atoms with Crippen molar-refractivity contribution in [3.63, 3.8) is 0 Å². The van der Waals surface area contributed by atoms with Gasteiger partial charge in [0.25, 0.3) is 6.71 Å². The Hall–Kier alpha value is -5.80. The highest BCUT2D eigenvalue weighted by Gasteiger charge is 2.50. The van der Waals surface area contributed by atoms with Gasteiger partial charge in [-0.05, 0) is 222 Å². The van der Waals surface area contributed by atoms with Crippen LogP contribution in [0.2, 0.25) is 0 Å². The monoisotopic (exact) mass is 971 g/mol. The van der Waals surface area contributed by atoms with E-state index in [1.54, 1.807) is 0 Å². The van der Waals surface area contributed by atoms with Crippen LogP contribution in [-0.2, 0) is 37.9 Å². The van der Waals surface area contributed by atoms with Crippen LogP contribution in [-0.4, -0.2) is 6.71 Å². The average molecular weight is 971 g/mol. The van der Waals surface area contributed by atoms with Gasteiger partial charge in [-0.3, -0.25) is 0 Å². The van der Waals surface area contributed by atoms with E-state index < -0.39 is 0 Å². The molecule has 0 atom stereocenters. The van der Waals surface area contributed by atoms with Crippen molar-refractivity contribution in [2.75, 3.05) is 9.80 Å². The quantitative estimate of drug-likeness (QED) is 0.163. The molecule has 0 bridgehead atoms. The van der Waals surface area contributed by atoms with Crippen molar-refractivity contribution >= 4 is 57.2 Å². The van der Waals surface area contributed by atoms with Crippen LogP contribution < -0.4 is 26.2 Å². The second-order valence-corrected chi connectivity index (χ2v) is 28.8. The summed E-state index contributed by atoms with van der Waals surface area (Å²) >= 11 is 0. The van der Waals surface area contributed by atoms with Gasteiger partial charge in [0.1, 0.15) is 0 Å². The molecule has 0 aromatic heterocycles. The fraction of sp³-hybridized carbons (Fsp3) is 0.408. The van der Waals surface area contributed by atoms with E-state index in [1.165, 1.54) is 160 Å². The first-order valence-electron chi connectivity index (χ1n) is 28.3. The van der Waals surface area contributed by atoms with Crippen LogP contribution in [0, 0.1) is 20.8 Å². The second kappa shape index (κ2) is 15.0. The molecule has 3 heteroatoms. The maximum atomic E-state index is 2.76. The molecule has 0 saturated carbocycles. The second-order valence-electron chi connectivity index (χ2n) is 28.8. The van der Waals surface area contributed by atoms with Crippen molar-refractivity contribution in [2.24, 2.45) is 0 Å². The summed E-state index contributed by atoms with van der Waals surface area (Å²) in [4.78, 5) is 5.48. The molecule has 7 aromatic rings. The first-order valence-corrected chi connectivity index (χ1v) is 28.3. The van der Waals surface area contributed by atoms with Crippen LogP contribution >= 0.6 is 0 Å². The predicted octanol–water partition coefficient (Wildman–Crippen LogP) is 17.3. The predicted molar refractivity (Wildman–Crippen MR) is 319 cm³/mol. The van der Waals surface area contributed by atoms with Gasteiger partial charge in [-0.1, -0.05) is 170 Å². The van der Waals surface area contributed by atoms with E-state index in [1.807, 2.05) is 0 Å². The molecule has 0 N–H and O–H groups in total. The topological polar surface area (TPSA) is 6.48 Å². The van der Waals surface area contributed by atoms with E-state index in [2.05, 4.69) is 237 Å². The highest BCUT2D eigenvalue weighted by molar-refractivity contribution is 7.00. The van der Waals surface area contributed by atoms with E-state index in [9.17, 15) is 0 Å². The van der Waals surface area contributed by atoms with E-state index in [0.717, 1.165) is 6.42 Å². The van der Waals surface area contributed by atoms with Gasteiger partial charge in [-0.25, -0.2) is 0 Å². The standard InChI is InChI=1S/C71H79BN2/c1-41-31-61-64-62(32-41)74(59-38-53-50(34-43(59)3)66(6,7)28-30-68(53,10)11)60-39-54-51(69(12,13)40-70(54,14)15)36-56(60)72(64)55-35-44(45-22-20-24-48-63(45)46-21-18-19-23-47(46)71(48,16)17)25-26-57(55)73(61)58-37-52-49(33-42(58)2)65(4,5)27-29-67(52,8)9/h18-26,31-39H,27-30,40H2,1-17H3. The molecule has 0 radical (unpaired) electrons. The van der Waals surface area contributed by atoms with Gasteiger partial charge >= 0.3 is 0 Å². The van der Waals surface area contributed by atoms with Gasteiger partial charge in [0.15, 0.2) is 0 Å². The fourth-order valence-electron chi connectivity index (χ4n) is 16.2. The molecular weight excluding hydrogens is 892 g/mol.